The monoisotopic (exact) mass is 285 g/mol. The van der Waals surface area contributed by atoms with Crippen LogP contribution in [0.3, 0.4) is 0 Å². The first-order valence-electron chi connectivity index (χ1n) is 5.85. The molecule has 0 aliphatic carbocycles. The number of aromatic nitrogens is 1. The van der Waals surface area contributed by atoms with E-state index < -0.39 is 5.82 Å². The molecule has 7 heteroatoms. The molecular weight excluding hydrogens is 273 g/mol. The quantitative estimate of drug-likeness (QED) is 0.831. The van der Waals surface area contributed by atoms with Crippen LogP contribution < -0.4 is 5.32 Å². The molecule has 1 aromatic rings. The average Bonchev–Trinajstić information content (AvgIpc) is 2.79. The molecule has 2 rings (SSSR count). The van der Waals surface area contributed by atoms with Crippen LogP contribution in [0, 0.1) is 5.82 Å². The van der Waals surface area contributed by atoms with Gasteiger partial charge in [0.05, 0.1) is 11.8 Å². The summed E-state index contributed by atoms with van der Waals surface area (Å²) in [5.41, 5.74) is 0.0464. The molecule has 0 spiro atoms. The second-order valence-corrected chi connectivity index (χ2v) is 4.79. The number of nitrogens with one attached hydrogen (secondary N) is 1. The van der Waals surface area contributed by atoms with Gasteiger partial charge < -0.3 is 10.2 Å². The number of amides is 2. The van der Waals surface area contributed by atoms with Crippen LogP contribution in [0.4, 0.5) is 4.39 Å². The molecule has 0 bridgehead atoms. The second kappa shape index (κ2) is 5.52. The molecule has 5 nitrogen and oxygen atoms in total. The fourth-order valence-electron chi connectivity index (χ4n) is 2.09. The van der Waals surface area contributed by atoms with E-state index in [0.29, 0.717) is 19.5 Å². The van der Waals surface area contributed by atoms with Crippen molar-refractivity contribution in [2.24, 2.45) is 0 Å². The Hall–Kier alpha value is -1.69. The lowest BCUT2D eigenvalue weighted by Gasteiger charge is -2.17. The minimum Gasteiger partial charge on any atom is -0.352 e. The third kappa shape index (κ3) is 3.20. The van der Waals surface area contributed by atoms with Crippen LogP contribution >= 0.6 is 11.6 Å². The highest BCUT2D eigenvalue weighted by Crippen LogP contribution is 2.19. The molecule has 1 unspecified atom stereocenters. The van der Waals surface area contributed by atoms with Gasteiger partial charge in [-0.3, -0.25) is 9.59 Å². The van der Waals surface area contributed by atoms with Gasteiger partial charge in [0.25, 0.3) is 5.91 Å². The van der Waals surface area contributed by atoms with E-state index in [9.17, 15) is 14.0 Å². The van der Waals surface area contributed by atoms with Crippen LogP contribution in [0.2, 0.25) is 5.15 Å². The van der Waals surface area contributed by atoms with Gasteiger partial charge in [-0.1, -0.05) is 11.6 Å². The second-order valence-electron chi connectivity index (χ2n) is 4.43. The third-order valence-corrected chi connectivity index (χ3v) is 3.22. The Morgan fingerprint density at radius 1 is 1.58 bits per heavy atom. The van der Waals surface area contributed by atoms with Gasteiger partial charge in [-0.15, -0.1) is 0 Å². The van der Waals surface area contributed by atoms with Crippen molar-refractivity contribution in [3.8, 4) is 0 Å². The molecule has 19 heavy (non-hydrogen) atoms. The van der Waals surface area contributed by atoms with Gasteiger partial charge >= 0.3 is 0 Å². The van der Waals surface area contributed by atoms with Gasteiger partial charge in [0, 0.05) is 26.1 Å². The Labute approximate surface area is 114 Å². The van der Waals surface area contributed by atoms with Crippen LogP contribution in [-0.2, 0) is 4.79 Å². The van der Waals surface area contributed by atoms with E-state index in [1.807, 2.05) is 0 Å². The summed E-state index contributed by atoms with van der Waals surface area (Å²) in [6.07, 6.45) is 1.63. The zero-order valence-corrected chi connectivity index (χ0v) is 11.1. The highest BCUT2D eigenvalue weighted by Gasteiger charge is 2.28. The zero-order chi connectivity index (χ0) is 14.0. The Morgan fingerprint density at radius 2 is 2.32 bits per heavy atom. The summed E-state index contributed by atoms with van der Waals surface area (Å²) in [6.45, 7) is 2.32. The van der Waals surface area contributed by atoms with E-state index in [1.54, 1.807) is 0 Å². The lowest BCUT2D eigenvalue weighted by molar-refractivity contribution is -0.119. The zero-order valence-electron chi connectivity index (χ0n) is 10.3. The smallest absolute Gasteiger partial charge is 0.257 e. The largest absolute Gasteiger partial charge is 0.352 e. The van der Waals surface area contributed by atoms with Crippen molar-refractivity contribution < 1.29 is 14.0 Å². The maximum Gasteiger partial charge on any atom is 0.257 e. The van der Waals surface area contributed by atoms with Gasteiger partial charge in [0.2, 0.25) is 5.91 Å². The number of nitrogens with zero attached hydrogens (tertiary/aromatic N) is 2. The number of hydrogen-bond acceptors (Lipinski definition) is 3. The lowest BCUT2D eigenvalue weighted by Crippen LogP contribution is -2.37. The Kier molecular flexibility index (Phi) is 3.99. The van der Waals surface area contributed by atoms with E-state index in [0.717, 1.165) is 12.3 Å². The van der Waals surface area contributed by atoms with Crippen LogP contribution in [0.5, 0.6) is 0 Å². The van der Waals surface area contributed by atoms with Crippen molar-refractivity contribution in [2.75, 3.05) is 13.1 Å². The number of halogens is 2. The Balaban J connectivity index is 2.09. The highest BCUT2D eigenvalue weighted by molar-refractivity contribution is 6.32. The summed E-state index contributed by atoms with van der Waals surface area (Å²) in [5, 5.41) is 2.73. The first-order chi connectivity index (χ1) is 8.97. The molecule has 1 aliphatic heterocycles. The van der Waals surface area contributed by atoms with Gasteiger partial charge in [0.1, 0.15) is 11.0 Å². The van der Waals surface area contributed by atoms with Crippen molar-refractivity contribution in [1.82, 2.24) is 15.2 Å². The van der Waals surface area contributed by atoms with Crippen molar-refractivity contribution in [1.29, 1.82) is 0 Å². The molecule has 102 valence electrons. The van der Waals surface area contributed by atoms with Crippen LogP contribution in [-0.4, -0.2) is 40.8 Å². The number of rotatable bonds is 2. The fourth-order valence-corrected chi connectivity index (χ4v) is 2.28. The molecule has 0 radical (unpaired) electrons. The molecule has 0 saturated carbocycles. The first-order valence-corrected chi connectivity index (χ1v) is 6.22. The Morgan fingerprint density at radius 3 is 3.00 bits per heavy atom. The standard InChI is InChI=1S/C12H13ClFN3O2/c1-7(18)16-9-2-3-17(6-9)12(19)10-4-8(14)5-15-11(10)13/h4-5,9H,2-3,6H2,1H3,(H,16,18). The van der Waals surface area contributed by atoms with Crippen LogP contribution in [0.25, 0.3) is 0 Å². The van der Waals surface area contributed by atoms with Gasteiger partial charge in [-0.2, -0.15) is 0 Å². The van der Waals surface area contributed by atoms with E-state index in [4.69, 9.17) is 11.6 Å². The predicted octanol–water partition coefficient (Wildman–Crippen LogP) is 1.22. The number of likely N-dealkylation sites (tertiary alicyclic amines) is 1. The summed E-state index contributed by atoms with van der Waals surface area (Å²) in [4.78, 5) is 28.3. The van der Waals surface area contributed by atoms with Gasteiger partial charge in [-0.25, -0.2) is 9.37 Å². The maximum atomic E-state index is 13.1. The molecule has 1 atom stereocenters. The SMILES string of the molecule is CC(=O)NC1CCN(C(=O)c2cc(F)cnc2Cl)C1. The number of hydrogen-bond donors (Lipinski definition) is 1. The van der Waals surface area contributed by atoms with Crippen molar-refractivity contribution >= 4 is 23.4 Å². The maximum absolute atomic E-state index is 13.1. The van der Waals surface area contributed by atoms with E-state index >= 15 is 0 Å². The normalized spacial score (nSPS) is 18.5. The van der Waals surface area contributed by atoms with Crippen molar-refractivity contribution in [3.05, 3.63) is 28.8 Å². The van der Waals surface area contributed by atoms with Crippen molar-refractivity contribution in [2.45, 2.75) is 19.4 Å². The summed E-state index contributed by atoms with van der Waals surface area (Å²) in [7, 11) is 0. The van der Waals surface area contributed by atoms with E-state index in [2.05, 4.69) is 10.3 Å². The lowest BCUT2D eigenvalue weighted by atomic mass is 10.2. The predicted molar refractivity (Wildman–Crippen MR) is 67.3 cm³/mol. The topological polar surface area (TPSA) is 62.3 Å². The number of pyridine rings is 1. The number of carbonyl (C=O) groups excluding carboxylic acids is 2. The minimum atomic E-state index is -0.606. The highest BCUT2D eigenvalue weighted by atomic mass is 35.5. The number of carbonyl (C=O) groups is 2. The average molecular weight is 286 g/mol. The first kappa shape index (κ1) is 13.7. The Bertz CT molecular complexity index is 524. The molecule has 0 aromatic carbocycles. The third-order valence-electron chi connectivity index (χ3n) is 2.92. The molecule has 1 N–H and O–H groups in total. The van der Waals surface area contributed by atoms with E-state index in [-0.39, 0.29) is 28.6 Å². The van der Waals surface area contributed by atoms with Gasteiger partial charge in [-0.05, 0) is 12.5 Å². The molecule has 1 fully saturated rings. The van der Waals surface area contributed by atoms with Crippen molar-refractivity contribution in [3.63, 3.8) is 0 Å². The molecule has 2 amide bonds. The fraction of sp³-hybridized carbons (Fsp3) is 0.417. The molecule has 2 heterocycles. The molecule has 1 aliphatic rings. The van der Waals surface area contributed by atoms with E-state index in [1.165, 1.54) is 11.8 Å². The molecule has 1 saturated heterocycles. The summed E-state index contributed by atoms with van der Waals surface area (Å²) < 4.78 is 13.1. The van der Waals surface area contributed by atoms with Gasteiger partial charge in [0.15, 0.2) is 0 Å². The summed E-state index contributed by atoms with van der Waals surface area (Å²) >= 11 is 5.80. The summed E-state index contributed by atoms with van der Waals surface area (Å²) in [6, 6.07) is 1.00. The molecular formula is C12H13ClFN3O2. The minimum absolute atomic E-state index is 0.0191. The van der Waals surface area contributed by atoms with Crippen LogP contribution in [0.1, 0.15) is 23.7 Å². The molecule has 1 aromatic heterocycles. The van der Waals surface area contributed by atoms with Crippen LogP contribution in [0.15, 0.2) is 12.3 Å². The summed E-state index contributed by atoms with van der Waals surface area (Å²) in [5.74, 6) is -1.11.